The van der Waals surface area contributed by atoms with Gasteiger partial charge >= 0.3 is 11.9 Å². The summed E-state index contributed by atoms with van der Waals surface area (Å²) in [6.07, 6.45) is 1.40. The van der Waals surface area contributed by atoms with Gasteiger partial charge in [-0.25, -0.2) is 4.79 Å². The Labute approximate surface area is 249 Å². The molecule has 0 aliphatic heterocycles. The van der Waals surface area contributed by atoms with E-state index < -0.39 is 60.2 Å². The van der Waals surface area contributed by atoms with Crippen LogP contribution >= 0.6 is 0 Å². The average Bonchev–Trinajstić information content (AvgIpc) is 3.36. The number of hydrogen-bond acceptors (Lipinski definition) is 6. The summed E-state index contributed by atoms with van der Waals surface area (Å²) in [6, 6.07) is 11.7. The van der Waals surface area contributed by atoms with Crippen molar-refractivity contribution in [3.05, 3.63) is 71.9 Å². The van der Waals surface area contributed by atoms with Crippen LogP contribution in [0.15, 0.2) is 60.8 Å². The first-order valence-corrected chi connectivity index (χ1v) is 14.1. The molecule has 3 amide bonds. The zero-order valence-electron chi connectivity index (χ0n) is 24.2. The van der Waals surface area contributed by atoms with Gasteiger partial charge in [-0.3, -0.25) is 19.2 Å². The Morgan fingerprint density at radius 1 is 0.791 bits per heavy atom. The van der Waals surface area contributed by atoms with Crippen LogP contribution in [0.3, 0.4) is 0 Å². The minimum atomic E-state index is -1.49. The normalized spacial score (nSPS) is 14.0. The molecule has 4 unspecified atom stereocenters. The molecule has 2 aromatic carbocycles. The molecule has 0 aliphatic carbocycles. The summed E-state index contributed by atoms with van der Waals surface area (Å²) in [5.74, 6) is -4.44. The second-order valence-corrected chi connectivity index (χ2v) is 10.9. The summed E-state index contributed by atoms with van der Waals surface area (Å²) in [5, 5.41) is 27.2. The van der Waals surface area contributed by atoms with E-state index in [0.717, 1.165) is 16.5 Å². The topological polar surface area (TPSA) is 204 Å². The van der Waals surface area contributed by atoms with Gasteiger partial charge < -0.3 is 36.9 Å². The molecular weight excluding hydrogens is 554 g/mol. The van der Waals surface area contributed by atoms with Crippen molar-refractivity contribution in [2.75, 3.05) is 0 Å². The van der Waals surface area contributed by atoms with Crippen molar-refractivity contribution in [2.45, 2.75) is 70.1 Å². The van der Waals surface area contributed by atoms with Crippen LogP contribution in [-0.4, -0.2) is 69.0 Å². The van der Waals surface area contributed by atoms with Crippen molar-refractivity contribution in [3.63, 3.8) is 0 Å². The summed E-state index contributed by atoms with van der Waals surface area (Å²) in [6.45, 7) is 3.85. The standard InChI is InChI=1S/C31H39N5O7/c1-18(2)14-22(32)28(39)35-25(15-19-8-4-3-5-9-19)29(40)36-26(16-20-17-33-23-11-7-6-10-21(20)23)30(41)34-24(31(42)43)12-13-27(37)38/h3-11,17-18,22,24-26,33H,12-16,32H2,1-2H3,(H,34,41)(H,35,39)(H,36,40)(H,37,38)(H,42,43). The minimum absolute atomic E-state index is 0.00821. The van der Waals surface area contributed by atoms with Gasteiger partial charge in [0.15, 0.2) is 0 Å². The fourth-order valence-electron chi connectivity index (χ4n) is 4.75. The number of carboxylic acids is 2. The number of fused-ring (bicyclic) bond motifs is 1. The highest BCUT2D eigenvalue weighted by Gasteiger charge is 2.31. The van der Waals surface area contributed by atoms with Crippen molar-refractivity contribution in [2.24, 2.45) is 11.7 Å². The van der Waals surface area contributed by atoms with Crippen molar-refractivity contribution in [3.8, 4) is 0 Å². The number of nitrogens with one attached hydrogen (secondary N) is 4. The van der Waals surface area contributed by atoms with E-state index in [2.05, 4.69) is 20.9 Å². The second kappa shape index (κ2) is 15.5. The Kier molecular flexibility index (Phi) is 11.8. The minimum Gasteiger partial charge on any atom is -0.481 e. The summed E-state index contributed by atoms with van der Waals surface area (Å²) in [4.78, 5) is 66.1. The Morgan fingerprint density at radius 2 is 1.37 bits per heavy atom. The van der Waals surface area contributed by atoms with Crippen LogP contribution < -0.4 is 21.7 Å². The third kappa shape index (κ3) is 9.96. The molecule has 230 valence electrons. The van der Waals surface area contributed by atoms with Crippen LogP contribution in [0.5, 0.6) is 0 Å². The molecule has 0 fully saturated rings. The van der Waals surface area contributed by atoms with Gasteiger partial charge in [-0.05, 0) is 36.0 Å². The van der Waals surface area contributed by atoms with E-state index in [1.807, 2.05) is 44.2 Å². The number of benzene rings is 2. The molecule has 12 nitrogen and oxygen atoms in total. The summed E-state index contributed by atoms with van der Waals surface area (Å²) < 4.78 is 0. The van der Waals surface area contributed by atoms with Crippen LogP contribution in [0.4, 0.5) is 0 Å². The first kappa shape index (κ1) is 32.8. The third-order valence-corrected chi connectivity index (χ3v) is 6.97. The lowest BCUT2D eigenvalue weighted by molar-refractivity contribution is -0.143. The highest BCUT2D eigenvalue weighted by molar-refractivity contribution is 5.95. The van der Waals surface area contributed by atoms with Crippen LogP contribution in [0, 0.1) is 5.92 Å². The fraction of sp³-hybridized carbons (Fsp3) is 0.387. The summed E-state index contributed by atoms with van der Waals surface area (Å²) in [5.41, 5.74) is 8.34. The van der Waals surface area contributed by atoms with Gasteiger partial charge in [0.05, 0.1) is 6.04 Å². The molecule has 3 aromatic rings. The Morgan fingerprint density at radius 3 is 2.00 bits per heavy atom. The van der Waals surface area contributed by atoms with E-state index in [0.29, 0.717) is 12.0 Å². The maximum Gasteiger partial charge on any atom is 0.326 e. The first-order valence-electron chi connectivity index (χ1n) is 14.1. The molecule has 1 heterocycles. The lowest BCUT2D eigenvalue weighted by Gasteiger charge is -2.25. The van der Waals surface area contributed by atoms with E-state index in [1.165, 1.54) is 0 Å². The molecule has 1 aromatic heterocycles. The molecule has 3 rings (SSSR count). The zero-order valence-corrected chi connectivity index (χ0v) is 24.2. The summed E-state index contributed by atoms with van der Waals surface area (Å²) >= 11 is 0. The third-order valence-electron chi connectivity index (χ3n) is 6.97. The summed E-state index contributed by atoms with van der Waals surface area (Å²) in [7, 11) is 0. The zero-order chi connectivity index (χ0) is 31.5. The maximum absolute atomic E-state index is 13.7. The number of aromatic nitrogens is 1. The van der Waals surface area contributed by atoms with Crippen molar-refractivity contribution < 1.29 is 34.2 Å². The van der Waals surface area contributed by atoms with Gasteiger partial charge in [-0.2, -0.15) is 0 Å². The number of aromatic amines is 1. The number of para-hydroxylation sites is 1. The van der Waals surface area contributed by atoms with Gasteiger partial charge in [0.1, 0.15) is 18.1 Å². The predicted molar refractivity (Wildman–Crippen MR) is 160 cm³/mol. The molecule has 0 saturated heterocycles. The predicted octanol–water partition coefficient (Wildman–Crippen LogP) is 1.73. The van der Waals surface area contributed by atoms with E-state index in [9.17, 15) is 29.1 Å². The van der Waals surface area contributed by atoms with Gasteiger partial charge in [-0.1, -0.05) is 62.4 Å². The highest BCUT2D eigenvalue weighted by atomic mass is 16.4. The average molecular weight is 594 g/mol. The number of carbonyl (C=O) groups is 5. The maximum atomic E-state index is 13.7. The number of H-pyrrole nitrogens is 1. The lowest BCUT2D eigenvalue weighted by atomic mass is 10.00. The molecule has 0 radical (unpaired) electrons. The Hall–Kier alpha value is -4.71. The van der Waals surface area contributed by atoms with E-state index in [-0.39, 0.29) is 25.2 Å². The number of nitrogens with two attached hydrogens (primary N) is 1. The van der Waals surface area contributed by atoms with Crippen LogP contribution in [-0.2, 0) is 36.8 Å². The van der Waals surface area contributed by atoms with Crippen LogP contribution in [0.25, 0.3) is 10.9 Å². The second-order valence-electron chi connectivity index (χ2n) is 10.9. The SMILES string of the molecule is CC(C)CC(N)C(=O)NC(Cc1ccccc1)C(=O)NC(Cc1c[nH]c2ccccc12)C(=O)NC(CCC(=O)O)C(=O)O. The number of hydrogen-bond donors (Lipinski definition) is 7. The molecule has 0 saturated carbocycles. The van der Waals surface area contributed by atoms with Crippen LogP contribution in [0.1, 0.15) is 44.2 Å². The van der Waals surface area contributed by atoms with Gasteiger partial charge in [0.2, 0.25) is 17.7 Å². The molecule has 4 atom stereocenters. The van der Waals surface area contributed by atoms with E-state index in [1.54, 1.807) is 30.5 Å². The number of rotatable bonds is 16. The molecular formula is C31H39N5O7. The van der Waals surface area contributed by atoms with E-state index in [4.69, 9.17) is 10.8 Å². The van der Waals surface area contributed by atoms with Crippen molar-refractivity contribution in [1.82, 2.24) is 20.9 Å². The Bertz CT molecular complexity index is 1420. The molecule has 0 bridgehead atoms. The fourth-order valence-corrected chi connectivity index (χ4v) is 4.75. The van der Waals surface area contributed by atoms with Gasteiger partial charge in [0.25, 0.3) is 0 Å². The number of carbonyl (C=O) groups excluding carboxylic acids is 3. The quantitative estimate of drug-likeness (QED) is 0.130. The lowest BCUT2D eigenvalue weighted by Crippen LogP contribution is -2.58. The van der Waals surface area contributed by atoms with Crippen molar-refractivity contribution >= 4 is 40.6 Å². The smallest absolute Gasteiger partial charge is 0.326 e. The molecule has 0 spiro atoms. The van der Waals surface area contributed by atoms with Gasteiger partial charge in [0, 0.05) is 36.4 Å². The largest absolute Gasteiger partial charge is 0.481 e. The first-order chi connectivity index (χ1) is 20.4. The number of amides is 3. The van der Waals surface area contributed by atoms with Crippen molar-refractivity contribution in [1.29, 1.82) is 0 Å². The monoisotopic (exact) mass is 593 g/mol. The molecule has 43 heavy (non-hydrogen) atoms. The molecule has 8 N–H and O–H groups in total. The van der Waals surface area contributed by atoms with Crippen LogP contribution in [0.2, 0.25) is 0 Å². The molecule has 12 heteroatoms. The Balaban J connectivity index is 1.89. The molecule has 0 aliphatic rings. The number of aliphatic carboxylic acids is 2. The highest BCUT2D eigenvalue weighted by Crippen LogP contribution is 2.19. The van der Waals surface area contributed by atoms with Gasteiger partial charge in [-0.15, -0.1) is 0 Å². The number of carboxylic acid groups (broad SMARTS) is 2. The van der Waals surface area contributed by atoms with E-state index >= 15 is 0 Å².